The van der Waals surface area contributed by atoms with Crippen molar-refractivity contribution in [3.63, 3.8) is 0 Å². The molecule has 1 fully saturated rings. The smallest absolute Gasteiger partial charge is 0.391 e. The highest BCUT2D eigenvalue weighted by Gasteiger charge is 2.33. The summed E-state index contributed by atoms with van der Waals surface area (Å²) in [6, 6.07) is 6.19. The number of alkyl halides is 3. The van der Waals surface area contributed by atoms with E-state index in [9.17, 15) is 23.1 Å². The van der Waals surface area contributed by atoms with Crippen LogP contribution in [-0.2, 0) is 6.18 Å². The van der Waals surface area contributed by atoms with E-state index in [1.165, 1.54) is 11.3 Å². The highest BCUT2D eigenvalue weighted by atomic mass is 32.1. The number of aromatic nitrogens is 3. The number of aliphatic hydroxyl groups excluding tert-OH is 1. The third-order valence-electron chi connectivity index (χ3n) is 4.70. The first-order valence-corrected chi connectivity index (χ1v) is 10.2. The van der Waals surface area contributed by atoms with Gasteiger partial charge in [-0.15, -0.1) is 11.3 Å². The second kappa shape index (κ2) is 8.23. The van der Waals surface area contributed by atoms with Crippen LogP contribution in [0.25, 0.3) is 10.4 Å². The van der Waals surface area contributed by atoms with Crippen molar-refractivity contribution < 1.29 is 23.1 Å². The number of aliphatic hydroxyl groups is 1. The van der Waals surface area contributed by atoms with E-state index >= 15 is 0 Å². The lowest BCUT2D eigenvalue weighted by Crippen LogP contribution is -2.29. The van der Waals surface area contributed by atoms with E-state index in [0.29, 0.717) is 30.2 Å². The number of anilines is 2. The second-order valence-corrected chi connectivity index (χ2v) is 8.23. The van der Waals surface area contributed by atoms with Gasteiger partial charge in [-0.1, -0.05) is 6.07 Å². The van der Waals surface area contributed by atoms with Crippen LogP contribution in [0.5, 0.6) is 0 Å². The third kappa shape index (κ3) is 4.83. The fourth-order valence-electron chi connectivity index (χ4n) is 3.27. The zero-order chi connectivity index (χ0) is 22.2. The van der Waals surface area contributed by atoms with E-state index in [2.05, 4.69) is 20.3 Å². The quantitative estimate of drug-likeness (QED) is 0.628. The maximum absolute atomic E-state index is 12.9. The number of nitrogens with one attached hydrogen (secondary N) is 1. The van der Waals surface area contributed by atoms with Crippen LogP contribution in [0.2, 0.25) is 0 Å². The van der Waals surface area contributed by atoms with Gasteiger partial charge >= 0.3 is 6.18 Å². The van der Waals surface area contributed by atoms with Gasteiger partial charge in [0.15, 0.2) is 5.01 Å². The number of halogens is 3. The predicted molar refractivity (Wildman–Crippen MR) is 109 cm³/mol. The Labute approximate surface area is 179 Å². The average Bonchev–Trinajstić information content (AvgIpc) is 3.36. The first kappa shape index (κ1) is 21.2. The molecule has 1 amide bonds. The summed E-state index contributed by atoms with van der Waals surface area (Å²) in [7, 11) is 0. The van der Waals surface area contributed by atoms with Gasteiger partial charge in [0.25, 0.3) is 5.91 Å². The highest BCUT2D eigenvalue weighted by molar-refractivity contribution is 7.16. The van der Waals surface area contributed by atoms with E-state index in [4.69, 9.17) is 0 Å². The van der Waals surface area contributed by atoms with E-state index in [1.54, 1.807) is 23.2 Å². The van der Waals surface area contributed by atoms with E-state index < -0.39 is 18.0 Å². The van der Waals surface area contributed by atoms with Gasteiger partial charge in [-0.2, -0.15) is 13.2 Å². The van der Waals surface area contributed by atoms with E-state index in [-0.39, 0.29) is 11.9 Å². The molecule has 162 valence electrons. The Balaban J connectivity index is 1.56. The summed E-state index contributed by atoms with van der Waals surface area (Å²) < 4.78 is 38.7. The van der Waals surface area contributed by atoms with Gasteiger partial charge in [-0.3, -0.25) is 4.79 Å². The largest absolute Gasteiger partial charge is 0.433 e. The normalized spacial score (nSPS) is 16.5. The van der Waals surface area contributed by atoms with Crippen LogP contribution in [-0.4, -0.2) is 50.1 Å². The number of thiazole rings is 1. The number of carbonyl (C=O) groups is 1. The zero-order valence-corrected chi connectivity index (χ0v) is 17.2. The Morgan fingerprint density at radius 2 is 2.10 bits per heavy atom. The monoisotopic (exact) mass is 449 g/mol. The molecule has 7 nitrogen and oxygen atoms in total. The molecule has 0 radical (unpaired) electrons. The van der Waals surface area contributed by atoms with Crippen molar-refractivity contribution in [3.8, 4) is 10.4 Å². The van der Waals surface area contributed by atoms with Gasteiger partial charge in [0.1, 0.15) is 5.69 Å². The minimum Gasteiger partial charge on any atom is -0.391 e. The molecule has 0 bridgehead atoms. The summed E-state index contributed by atoms with van der Waals surface area (Å²) in [6.07, 6.45) is -1.88. The molecular formula is C20H18F3N5O2S. The number of likely N-dealkylation sites (tertiary alicyclic amines) is 1. The van der Waals surface area contributed by atoms with Crippen LogP contribution < -0.4 is 5.32 Å². The fraction of sp³-hybridized carbons (Fsp3) is 0.300. The number of hydrogen-bond donors (Lipinski definition) is 2. The number of nitrogens with zero attached hydrogens (tertiary/aromatic N) is 4. The van der Waals surface area contributed by atoms with Crippen LogP contribution in [0.15, 0.2) is 36.7 Å². The minimum absolute atomic E-state index is 0.167. The number of benzene rings is 1. The molecule has 0 saturated carbocycles. The molecule has 2 aromatic heterocycles. The van der Waals surface area contributed by atoms with Crippen molar-refractivity contribution >= 4 is 28.9 Å². The minimum atomic E-state index is -4.56. The summed E-state index contributed by atoms with van der Waals surface area (Å²) in [5.74, 6) is -0.393. The molecule has 1 aromatic carbocycles. The topological polar surface area (TPSA) is 91.2 Å². The molecule has 0 spiro atoms. The standard InChI is InChI=1S/C20H18F3N5O2S/c1-11-6-12(15-9-25-17(31-15)18(30)28-5-3-14(29)10-28)8-13(7-11)26-19-24-4-2-16(27-19)20(21,22)23/h2,4,6-9,14,29H,3,5,10H2,1H3,(H,24,26,27). The Bertz CT molecular complexity index is 1120. The van der Waals surface area contributed by atoms with E-state index in [0.717, 1.165) is 28.3 Å². The van der Waals surface area contributed by atoms with Crippen LogP contribution in [0, 0.1) is 6.92 Å². The summed E-state index contributed by atoms with van der Waals surface area (Å²) in [5.41, 5.74) is 1.09. The molecule has 11 heteroatoms. The van der Waals surface area contributed by atoms with E-state index in [1.807, 2.05) is 13.0 Å². The molecule has 1 aliphatic rings. The summed E-state index contributed by atoms with van der Waals surface area (Å²) in [4.78, 5) is 26.5. The molecule has 1 aliphatic heterocycles. The molecule has 1 unspecified atom stereocenters. The summed E-state index contributed by atoms with van der Waals surface area (Å²) in [5, 5.41) is 12.8. The molecule has 4 rings (SSSR count). The van der Waals surface area contributed by atoms with Crippen LogP contribution in [0.3, 0.4) is 0 Å². The molecular weight excluding hydrogens is 431 g/mol. The second-order valence-electron chi connectivity index (χ2n) is 7.20. The Morgan fingerprint density at radius 1 is 1.29 bits per heavy atom. The van der Waals surface area contributed by atoms with Crippen molar-refractivity contribution in [2.24, 2.45) is 0 Å². The summed E-state index contributed by atoms with van der Waals surface area (Å²) in [6.45, 7) is 2.63. The Morgan fingerprint density at radius 3 is 2.81 bits per heavy atom. The molecule has 31 heavy (non-hydrogen) atoms. The molecule has 3 aromatic rings. The number of rotatable bonds is 4. The molecule has 2 N–H and O–H groups in total. The first-order valence-electron chi connectivity index (χ1n) is 9.41. The van der Waals surface area contributed by atoms with Gasteiger partial charge in [-0.25, -0.2) is 15.0 Å². The van der Waals surface area contributed by atoms with Gasteiger partial charge in [-0.05, 0) is 42.7 Å². The van der Waals surface area contributed by atoms with Crippen molar-refractivity contribution in [1.82, 2.24) is 19.9 Å². The predicted octanol–water partition coefficient (Wildman–Crippen LogP) is 3.88. The van der Waals surface area contributed by atoms with Gasteiger partial charge < -0.3 is 15.3 Å². The van der Waals surface area contributed by atoms with Crippen molar-refractivity contribution in [1.29, 1.82) is 0 Å². The zero-order valence-electron chi connectivity index (χ0n) is 16.3. The lowest BCUT2D eigenvalue weighted by atomic mass is 10.1. The van der Waals surface area contributed by atoms with Crippen LogP contribution in [0.1, 0.15) is 27.5 Å². The van der Waals surface area contributed by atoms with Gasteiger partial charge in [0.05, 0.1) is 11.0 Å². The lowest BCUT2D eigenvalue weighted by molar-refractivity contribution is -0.141. The number of aryl methyl sites for hydroxylation is 1. The van der Waals surface area contributed by atoms with Crippen molar-refractivity contribution in [3.05, 3.63) is 52.9 Å². The highest BCUT2D eigenvalue weighted by Crippen LogP contribution is 2.32. The Kier molecular flexibility index (Phi) is 5.63. The van der Waals surface area contributed by atoms with Crippen LogP contribution in [0.4, 0.5) is 24.8 Å². The number of hydrogen-bond acceptors (Lipinski definition) is 7. The molecule has 1 saturated heterocycles. The molecule has 0 aliphatic carbocycles. The maximum Gasteiger partial charge on any atom is 0.433 e. The average molecular weight is 449 g/mol. The number of β-amino-alcohol motifs (C(OH)–C–C–N with tert-alkyl or cyclic N) is 1. The molecule has 3 heterocycles. The Hall–Kier alpha value is -3.05. The first-order chi connectivity index (χ1) is 14.7. The van der Waals surface area contributed by atoms with Crippen molar-refractivity contribution in [2.75, 3.05) is 18.4 Å². The number of amides is 1. The fourth-order valence-corrected chi connectivity index (χ4v) is 4.14. The third-order valence-corrected chi connectivity index (χ3v) is 5.74. The number of carbonyl (C=O) groups excluding carboxylic acids is 1. The van der Waals surface area contributed by atoms with Gasteiger partial charge in [0, 0.05) is 31.2 Å². The van der Waals surface area contributed by atoms with Gasteiger partial charge in [0.2, 0.25) is 5.95 Å². The maximum atomic E-state index is 12.9. The summed E-state index contributed by atoms with van der Waals surface area (Å²) >= 11 is 1.22. The molecule has 1 atom stereocenters. The SMILES string of the molecule is Cc1cc(Nc2nccc(C(F)(F)F)n2)cc(-c2cnc(C(=O)N3CCC(O)C3)s2)c1. The van der Waals surface area contributed by atoms with Crippen molar-refractivity contribution in [2.45, 2.75) is 25.6 Å². The lowest BCUT2D eigenvalue weighted by Gasteiger charge is -2.13. The van der Waals surface area contributed by atoms with Crippen LogP contribution >= 0.6 is 11.3 Å².